The average molecular weight is 401 g/mol. The minimum atomic E-state index is -3.18. The van der Waals surface area contributed by atoms with Crippen molar-refractivity contribution in [2.75, 3.05) is 32.7 Å². The van der Waals surface area contributed by atoms with Gasteiger partial charge in [0, 0.05) is 30.2 Å². The molecule has 0 heterocycles. The Bertz CT molecular complexity index is 728. The molecule has 2 aromatic carbocycles. The van der Waals surface area contributed by atoms with Crippen molar-refractivity contribution in [1.29, 1.82) is 0 Å². The molecule has 0 unspecified atom stereocenters. The van der Waals surface area contributed by atoms with Crippen molar-refractivity contribution >= 4 is 23.7 Å². The Morgan fingerprint density at radius 2 is 1.21 bits per heavy atom. The van der Waals surface area contributed by atoms with Crippen LogP contribution in [-0.2, 0) is 9.36 Å². The normalized spacial score (nSPS) is 12.8. The second-order valence-electron chi connectivity index (χ2n) is 6.84. The zero-order chi connectivity index (χ0) is 20.6. The van der Waals surface area contributed by atoms with Crippen LogP contribution in [0.25, 0.3) is 0 Å². The van der Waals surface area contributed by atoms with E-state index in [9.17, 15) is 9.36 Å². The predicted molar refractivity (Wildman–Crippen MR) is 119 cm³/mol. The quantitative estimate of drug-likeness (QED) is 0.573. The molecule has 0 aliphatic heterocycles. The molecule has 0 bridgehead atoms. The van der Waals surface area contributed by atoms with Crippen molar-refractivity contribution in [1.82, 2.24) is 9.80 Å². The molecule has 5 heteroatoms. The maximum absolute atomic E-state index is 14.8. The van der Waals surface area contributed by atoms with Crippen LogP contribution in [0.4, 0.5) is 0 Å². The molecule has 0 fully saturated rings. The lowest BCUT2D eigenvalue weighted by atomic mass is 10.3. The van der Waals surface area contributed by atoms with E-state index in [-0.39, 0.29) is 5.91 Å². The van der Waals surface area contributed by atoms with E-state index >= 15 is 0 Å². The highest BCUT2D eigenvalue weighted by Gasteiger charge is 2.43. The molecule has 0 saturated carbocycles. The summed E-state index contributed by atoms with van der Waals surface area (Å²) in [6.45, 7) is 11.5. The van der Waals surface area contributed by atoms with Gasteiger partial charge in [0.2, 0.25) is 5.91 Å². The fraction of sp³-hybridized carbons (Fsp3) is 0.435. The van der Waals surface area contributed by atoms with Crippen LogP contribution in [0.15, 0.2) is 60.7 Å². The first-order valence-electron chi connectivity index (χ1n) is 10.2. The van der Waals surface area contributed by atoms with Crippen molar-refractivity contribution in [3.63, 3.8) is 0 Å². The molecule has 28 heavy (non-hydrogen) atoms. The van der Waals surface area contributed by atoms with E-state index < -0.39 is 12.8 Å². The minimum absolute atomic E-state index is 0.0204. The summed E-state index contributed by atoms with van der Waals surface area (Å²) in [7, 11) is -3.18. The lowest BCUT2D eigenvalue weighted by Gasteiger charge is -2.34. The lowest BCUT2D eigenvalue weighted by Crippen LogP contribution is -2.47. The molecule has 1 atom stereocenters. The van der Waals surface area contributed by atoms with Crippen LogP contribution in [-0.4, -0.2) is 54.1 Å². The summed E-state index contributed by atoms with van der Waals surface area (Å²) in [6, 6.07) is 19.1. The van der Waals surface area contributed by atoms with Crippen molar-refractivity contribution in [2.24, 2.45) is 0 Å². The molecular formula is C23H33N2O2P. The molecule has 2 rings (SSSR count). The first kappa shape index (κ1) is 22.4. The Morgan fingerprint density at radius 3 is 1.57 bits per heavy atom. The number of rotatable bonds is 10. The van der Waals surface area contributed by atoms with E-state index in [2.05, 4.69) is 18.7 Å². The molecule has 4 nitrogen and oxygen atoms in total. The van der Waals surface area contributed by atoms with Gasteiger partial charge in [-0.3, -0.25) is 4.79 Å². The number of carbonyl (C=O) groups excluding carboxylic acids is 1. The van der Waals surface area contributed by atoms with Crippen LogP contribution in [0, 0.1) is 0 Å². The fourth-order valence-electron chi connectivity index (χ4n) is 3.63. The number of amides is 1. The number of hydrogen-bond acceptors (Lipinski definition) is 3. The lowest BCUT2D eigenvalue weighted by molar-refractivity contribution is -0.130. The molecular weight excluding hydrogens is 367 g/mol. The zero-order valence-electron chi connectivity index (χ0n) is 17.5. The Labute approximate surface area is 169 Å². The van der Waals surface area contributed by atoms with Gasteiger partial charge in [0.05, 0.1) is 0 Å². The summed E-state index contributed by atoms with van der Waals surface area (Å²) in [5.41, 5.74) is -0.600. The third-order valence-electron chi connectivity index (χ3n) is 5.40. The largest absolute Gasteiger partial charge is 0.343 e. The first-order valence-corrected chi connectivity index (χ1v) is 12.0. The SMILES string of the molecule is CCN(CC)C[C@H](C(=O)N(CC)CC)P(=O)(c1ccccc1)c1ccccc1. The van der Waals surface area contributed by atoms with Crippen LogP contribution in [0.3, 0.4) is 0 Å². The first-order chi connectivity index (χ1) is 13.5. The summed E-state index contributed by atoms with van der Waals surface area (Å²) in [5.74, 6) is -0.0204. The number of hydrogen-bond donors (Lipinski definition) is 0. The summed E-state index contributed by atoms with van der Waals surface area (Å²) in [6.07, 6.45) is 0. The van der Waals surface area contributed by atoms with Crippen molar-refractivity contribution in [2.45, 2.75) is 33.4 Å². The molecule has 0 N–H and O–H groups in total. The molecule has 0 aromatic heterocycles. The summed E-state index contributed by atoms with van der Waals surface area (Å²) >= 11 is 0. The Kier molecular flexibility index (Phi) is 8.47. The van der Waals surface area contributed by atoms with E-state index in [1.807, 2.05) is 79.4 Å². The number of benzene rings is 2. The van der Waals surface area contributed by atoms with E-state index in [0.29, 0.717) is 19.6 Å². The molecule has 152 valence electrons. The predicted octanol–water partition coefficient (Wildman–Crippen LogP) is 3.58. The second-order valence-corrected chi connectivity index (χ2v) is 9.81. The van der Waals surface area contributed by atoms with Gasteiger partial charge in [0.1, 0.15) is 5.66 Å². The Balaban J connectivity index is 2.67. The van der Waals surface area contributed by atoms with E-state index in [1.165, 1.54) is 0 Å². The topological polar surface area (TPSA) is 40.6 Å². The van der Waals surface area contributed by atoms with Crippen LogP contribution in [0.1, 0.15) is 27.7 Å². The van der Waals surface area contributed by atoms with Gasteiger partial charge < -0.3 is 14.4 Å². The van der Waals surface area contributed by atoms with Gasteiger partial charge in [-0.15, -0.1) is 0 Å². The number of nitrogens with zero attached hydrogens (tertiary/aromatic N) is 2. The molecule has 0 saturated heterocycles. The average Bonchev–Trinajstić information content (AvgIpc) is 2.76. The van der Waals surface area contributed by atoms with Crippen LogP contribution in [0.5, 0.6) is 0 Å². The Hall–Kier alpha value is -1.90. The summed E-state index contributed by atoms with van der Waals surface area (Å²) in [5, 5.41) is 1.50. The van der Waals surface area contributed by atoms with Crippen LogP contribution >= 0.6 is 7.14 Å². The maximum Gasteiger partial charge on any atom is 0.235 e. The van der Waals surface area contributed by atoms with Crippen LogP contribution in [0.2, 0.25) is 0 Å². The van der Waals surface area contributed by atoms with Gasteiger partial charge >= 0.3 is 0 Å². The van der Waals surface area contributed by atoms with E-state index in [0.717, 1.165) is 23.7 Å². The summed E-state index contributed by atoms with van der Waals surface area (Å²) in [4.78, 5) is 17.6. The number of carbonyl (C=O) groups is 1. The minimum Gasteiger partial charge on any atom is -0.343 e. The van der Waals surface area contributed by atoms with Crippen molar-refractivity contribution in [3.8, 4) is 0 Å². The monoisotopic (exact) mass is 400 g/mol. The highest BCUT2D eigenvalue weighted by Crippen LogP contribution is 2.49. The zero-order valence-corrected chi connectivity index (χ0v) is 18.4. The molecule has 0 aliphatic carbocycles. The molecule has 0 aliphatic rings. The standard InChI is InChI=1S/C23H33N2O2P/c1-5-24(6-2)19-22(23(26)25(7-3)8-4)28(27,20-15-11-9-12-16-20)21-17-13-10-14-18-21/h9-18,22H,5-8,19H2,1-4H3/t22-/m1/s1. The van der Waals surface area contributed by atoms with Crippen molar-refractivity contribution in [3.05, 3.63) is 60.7 Å². The van der Waals surface area contributed by atoms with Crippen molar-refractivity contribution < 1.29 is 9.36 Å². The van der Waals surface area contributed by atoms with E-state index in [1.54, 1.807) is 0 Å². The van der Waals surface area contributed by atoms with Gasteiger partial charge in [-0.2, -0.15) is 0 Å². The smallest absolute Gasteiger partial charge is 0.235 e. The van der Waals surface area contributed by atoms with Gasteiger partial charge in [0.15, 0.2) is 7.14 Å². The molecule has 0 radical (unpaired) electrons. The molecule has 1 amide bonds. The van der Waals surface area contributed by atoms with Gasteiger partial charge in [-0.25, -0.2) is 0 Å². The summed E-state index contributed by atoms with van der Waals surface area (Å²) < 4.78 is 14.8. The molecule has 0 spiro atoms. The second kappa shape index (κ2) is 10.6. The fourth-order valence-corrected chi connectivity index (χ4v) is 6.81. The third-order valence-corrected chi connectivity index (χ3v) is 8.80. The third kappa shape index (κ3) is 4.74. The highest BCUT2D eigenvalue weighted by atomic mass is 31.2. The highest BCUT2D eigenvalue weighted by molar-refractivity contribution is 7.80. The van der Waals surface area contributed by atoms with Gasteiger partial charge in [0.25, 0.3) is 0 Å². The maximum atomic E-state index is 14.8. The Morgan fingerprint density at radius 1 is 0.786 bits per heavy atom. The van der Waals surface area contributed by atoms with E-state index in [4.69, 9.17) is 0 Å². The van der Waals surface area contributed by atoms with Gasteiger partial charge in [-0.05, 0) is 26.9 Å². The van der Waals surface area contributed by atoms with Gasteiger partial charge in [-0.1, -0.05) is 74.5 Å². The van der Waals surface area contributed by atoms with Crippen LogP contribution < -0.4 is 10.6 Å². The molecule has 2 aromatic rings.